The van der Waals surface area contributed by atoms with Gasteiger partial charge in [0.2, 0.25) is 10.0 Å². The summed E-state index contributed by atoms with van der Waals surface area (Å²) >= 11 is 5.19. The normalized spacial score (nSPS) is 11.3. The second-order valence-electron chi connectivity index (χ2n) is 6.70. The fourth-order valence-corrected chi connectivity index (χ4v) is 4.59. The average Bonchev–Trinajstić information content (AvgIpc) is 2.68. The van der Waals surface area contributed by atoms with Gasteiger partial charge in [-0.25, -0.2) is 8.42 Å². The predicted octanol–water partition coefficient (Wildman–Crippen LogP) is 3.93. The number of aryl methyl sites for hydroxylation is 1. The molecule has 0 aromatic heterocycles. The Morgan fingerprint density at radius 3 is 2.03 bits per heavy atom. The van der Waals surface area contributed by atoms with Crippen LogP contribution in [0.1, 0.15) is 42.6 Å². The van der Waals surface area contributed by atoms with Crippen molar-refractivity contribution in [3.63, 3.8) is 0 Å². The molecule has 0 aliphatic heterocycles. The van der Waals surface area contributed by atoms with Crippen molar-refractivity contribution in [3.8, 4) is 0 Å². The van der Waals surface area contributed by atoms with Gasteiger partial charge in [-0.2, -0.15) is 4.31 Å². The van der Waals surface area contributed by atoms with Crippen molar-refractivity contribution < 1.29 is 13.2 Å². The molecule has 2 aromatic rings. The van der Waals surface area contributed by atoms with E-state index < -0.39 is 10.0 Å². The number of carbonyl (C=O) groups excluding carboxylic acids is 1. The molecule has 0 aliphatic carbocycles. The van der Waals surface area contributed by atoms with E-state index in [0.29, 0.717) is 24.3 Å². The van der Waals surface area contributed by atoms with E-state index in [0.717, 1.165) is 18.4 Å². The zero-order valence-corrected chi connectivity index (χ0v) is 18.6. The first kappa shape index (κ1) is 23.0. The van der Waals surface area contributed by atoms with Crippen LogP contribution in [0.5, 0.6) is 0 Å². The largest absolute Gasteiger partial charge is 0.332 e. The molecule has 2 N–H and O–H groups in total. The highest BCUT2D eigenvalue weighted by atomic mass is 32.2. The van der Waals surface area contributed by atoms with E-state index in [1.807, 2.05) is 32.9 Å². The average molecular weight is 434 g/mol. The summed E-state index contributed by atoms with van der Waals surface area (Å²) in [5.41, 5.74) is 2.16. The first-order valence-electron chi connectivity index (χ1n) is 9.57. The number of nitrogens with zero attached hydrogens (tertiary/aromatic N) is 1. The lowest BCUT2D eigenvalue weighted by molar-refractivity contribution is 0.0977. The summed E-state index contributed by atoms with van der Waals surface area (Å²) in [6, 6.07) is 13.5. The summed E-state index contributed by atoms with van der Waals surface area (Å²) in [7, 11) is -3.53. The first-order valence-corrected chi connectivity index (χ1v) is 11.4. The van der Waals surface area contributed by atoms with Crippen molar-refractivity contribution in [2.45, 2.75) is 38.5 Å². The number of thiocarbonyl (C=S) groups is 1. The summed E-state index contributed by atoms with van der Waals surface area (Å²) < 4.78 is 27.1. The van der Waals surface area contributed by atoms with Crippen molar-refractivity contribution >= 4 is 38.9 Å². The van der Waals surface area contributed by atoms with Crippen LogP contribution in [0.2, 0.25) is 0 Å². The molecule has 2 rings (SSSR count). The maximum atomic E-state index is 12.8. The predicted molar refractivity (Wildman–Crippen MR) is 121 cm³/mol. The minimum absolute atomic E-state index is 0.143. The van der Waals surface area contributed by atoms with Crippen LogP contribution in [-0.2, 0) is 10.0 Å². The molecule has 0 unspecified atom stereocenters. The van der Waals surface area contributed by atoms with Crippen LogP contribution in [0.4, 0.5) is 5.69 Å². The number of carbonyl (C=O) groups is 1. The first-order chi connectivity index (χ1) is 13.8. The van der Waals surface area contributed by atoms with Crippen molar-refractivity contribution in [2.75, 3.05) is 18.4 Å². The lowest BCUT2D eigenvalue weighted by Crippen LogP contribution is -2.34. The van der Waals surface area contributed by atoms with E-state index >= 15 is 0 Å². The van der Waals surface area contributed by atoms with E-state index in [1.165, 1.54) is 4.31 Å². The highest BCUT2D eigenvalue weighted by Crippen LogP contribution is 2.19. The third-order valence-electron chi connectivity index (χ3n) is 4.24. The Labute approximate surface area is 178 Å². The van der Waals surface area contributed by atoms with E-state index in [9.17, 15) is 13.2 Å². The van der Waals surface area contributed by atoms with Gasteiger partial charge in [0.05, 0.1) is 4.90 Å². The smallest absolute Gasteiger partial charge is 0.257 e. The Morgan fingerprint density at radius 1 is 0.966 bits per heavy atom. The second-order valence-corrected chi connectivity index (χ2v) is 9.05. The Kier molecular flexibility index (Phi) is 8.31. The molecular weight excluding hydrogens is 406 g/mol. The lowest BCUT2D eigenvalue weighted by Gasteiger charge is -2.21. The Balaban J connectivity index is 2.03. The number of sulfonamides is 1. The molecule has 156 valence electrons. The molecule has 29 heavy (non-hydrogen) atoms. The van der Waals surface area contributed by atoms with Gasteiger partial charge < -0.3 is 5.32 Å². The third kappa shape index (κ3) is 6.35. The molecule has 6 nitrogen and oxygen atoms in total. The molecule has 8 heteroatoms. The van der Waals surface area contributed by atoms with E-state index in [1.54, 1.807) is 36.4 Å². The topological polar surface area (TPSA) is 78.5 Å². The zero-order chi connectivity index (χ0) is 21.4. The quantitative estimate of drug-likeness (QED) is 0.617. The highest BCUT2D eigenvalue weighted by molar-refractivity contribution is 7.89. The monoisotopic (exact) mass is 433 g/mol. The molecule has 0 fully saturated rings. The van der Waals surface area contributed by atoms with Crippen LogP contribution < -0.4 is 10.6 Å². The molecule has 0 atom stereocenters. The van der Waals surface area contributed by atoms with Crippen LogP contribution in [0.25, 0.3) is 0 Å². The van der Waals surface area contributed by atoms with Crippen molar-refractivity contribution in [3.05, 3.63) is 59.7 Å². The van der Waals surface area contributed by atoms with Crippen LogP contribution in [-0.4, -0.2) is 36.8 Å². The number of hydrogen-bond acceptors (Lipinski definition) is 4. The van der Waals surface area contributed by atoms with Crippen LogP contribution in [0, 0.1) is 6.92 Å². The van der Waals surface area contributed by atoms with Gasteiger partial charge in [0.15, 0.2) is 5.11 Å². The number of amides is 1. The molecule has 0 spiro atoms. The van der Waals surface area contributed by atoms with Gasteiger partial charge in [0, 0.05) is 24.3 Å². The maximum absolute atomic E-state index is 12.8. The summed E-state index contributed by atoms with van der Waals surface area (Å²) in [6.45, 7) is 6.84. The summed E-state index contributed by atoms with van der Waals surface area (Å²) in [6.07, 6.45) is 1.52. The number of anilines is 1. The van der Waals surface area contributed by atoms with Gasteiger partial charge in [0.1, 0.15) is 0 Å². The fraction of sp³-hybridized carbons (Fsp3) is 0.333. The SMILES string of the molecule is CCCN(CCC)S(=O)(=O)c1ccc(NC(=S)NC(=O)c2ccc(C)cc2)cc1. The Morgan fingerprint density at radius 2 is 1.52 bits per heavy atom. The highest BCUT2D eigenvalue weighted by Gasteiger charge is 2.22. The standard InChI is InChI=1S/C21H27N3O3S2/c1-4-14-24(15-5-2)29(26,27)19-12-10-18(11-13-19)22-21(28)23-20(25)17-8-6-16(3)7-9-17/h6-13H,4-5,14-15H2,1-3H3,(H2,22,23,25,28). The number of hydrogen-bond donors (Lipinski definition) is 2. The lowest BCUT2D eigenvalue weighted by atomic mass is 10.1. The summed E-state index contributed by atoms with van der Waals surface area (Å²) in [4.78, 5) is 12.5. The van der Waals surface area contributed by atoms with Crippen molar-refractivity contribution in [1.29, 1.82) is 0 Å². The summed E-state index contributed by atoms with van der Waals surface area (Å²) in [5, 5.41) is 5.66. The molecule has 2 aromatic carbocycles. The second kappa shape index (κ2) is 10.5. The van der Waals surface area contributed by atoms with E-state index in [2.05, 4.69) is 10.6 Å². The molecule has 0 heterocycles. The minimum atomic E-state index is -3.53. The molecule has 0 radical (unpaired) electrons. The molecule has 1 amide bonds. The van der Waals surface area contributed by atoms with Crippen molar-refractivity contribution in [2.24, 2.45) is 0 Å². The fourth-order valence-electron chi connectivity index (χ4n) is 2.75. The van der Waals surface area contributed by atoms with E-state index in [-0.39, 0.29) is 15.9 Å². The van der Waals surface area contributed by atoms with Gasteiger partial charge in [0.25, 0.3) is 5.91 Å². The van der Waals surface area contributed by atoms with Gasteiger partial charge in [-0.1, -0.05) is 31.5 Å². The molecule has 0 saturated heterocycles. The van der Waals surface area contributed by atoms with Crippen molar-refractivity contribution in [1.82, 2.24) is 9.62 Å². The Bertz CT molecular complexity index is 934. The molecular formula is C21H27N3O3S2. The van der Waals surface area contributed by atoms with Gasteiger partial charge in [-0.05, 0) is 68.4 Å². The van der Waals surface area contributed by atoms with Crippen LogP contribution >= 0.6 is 12.2 Å². The summed E-state index contributed by atoms with van der Waals surface area (Å²) in [5.74, 6) is -0.309. The van der Waals surface area contributed by atoms with Crippen LogP contribution in [0.15, 0.2) is 53.4 Å². The number of rotatable bonds is 8. The van der Waals surface area contributed by atoms with Crippen LogP contribution in [0.3, 0.4) is 0 Å². The molecule has 0 bridgehead atoms. The maximum Gasteiger partial charge on any atom is 0.257 e. The van der Waals surface area contributed by atoms with Gasteiger partial charge in [-0.3, -0.25) is 10.1 Å². The zero-order valence-electron chi connectivity index (χ0n) is 16.9. The molecule has 0 aliphatic rings. The van der Waals surface area contributed by atoms with E-state index in [4.69, 9.17) is 12.2 Å². The number of benzene rings is 2. The van der Waals surface area contributed by atoms with Gasteiger partial charge in [-0.15, -0.1) is 0 Å². The minimum Gasteiger partial charge on any atom is -0.332 e. The van der Waals surface area contributed by atoms with Gasteiger partial charge >= 0.3 is 0 Å². The Hall–Kier alpha value is -2.29. The number of nitrogens with one attached hydrogen (secondary N) is 2. The third-order valence-corrected chi connectivity index (χ3v) is 6.35. The molecule has 0 saturated carbocycles.